The molecular weight excluding hydrogens is 367 g/mol. The molecule has 4 rings (SSSR count). The van der Waals surface area contributed by atoms with E-state index in [-0.39, 0.29) is 11.7 Å². The van der Waals surface area contributed by atoms with Gasteiger partial charge in [0.25, 0.3) is 5.91 Å². The van der Waals surface area contributed by atoms with Crippen LogP contribution in [0, 0.1) is 5.82 Å². The molecule has 6 heteroatoms. The van der Waals surface area contributed by atoms with Gasteiger partial charge in [0, 0.05) is 38.9 Å². The first-order valence-corrected chi connectivity index (χ1v) is 9.67. The number of benzene rings is 2. The molecule has 148 valence electrons. The monoisotopic (exact) mass is 390 g/mol. The Hall–Kier alpha value is -3.41. The van der Waals surface area contributed by atoms with Crippen molar-refractivity contribution in [3.8, 4) is 0 Å². The minimum Gasteiger partial charge on any atom is -0.367 e. The van der Waals surface area contributed by atoms with Gasteiger partial charge in [0.2, 0.25) is 0 Å². The lowest BCUT2D eigenvalue weighted by Gasteiger charge is -2.37. The summed E-state index contributed by atoms with van der Waals surface area (Å²) >= 11 is 0. The Balaban J connectivity index is 1.40. The van der Waals surface area contributed by atoms with Gasteiger partial charge in [0.05, 0.1) is 17.6 Å². The Kier molecular flexibility index (Phi) is 5.42. The van der Waals surface area contributed by atoms with E-state index in [0.717, 1.165) is 37.6 Å². The van der Waals surface area contributed by atoms with Crippen LogP contribution in [0.15, 0.2) is 72.9 Å². The van der Waals surface area contributed by atoms with Crippen LogP contribution >= 0.6 is 0 Å². The third kappa shape index (κ3) is 4.06. The number of halogens is 1. The molecule has 1 fully saturated rings. The minimum absolute atomic E-state index is 0.146. The maximum Gasteiger partial charge on any atom is 0.276 e. The minimum atomic E-state index is -0.187. The molecule has 3 aromatic rings. The molecule has 0 radical (unpaired) electrons. The fourth-order valence-electron chi connectivity index (χ4n) is 3.55. The van der Waals surface area contributed by atoms with E-state index in [9.17, 15) is 9.18 Å². The number of carbonyl (C=O) groups is 1. The fourth-order valence-corrected chi connectivity index (χ4v) is 3.55. The molecule has 1 amide bonds. The van der Waals surface area contributed by atoms with Gasteiger partial charge in [-0.1, -0.05) is 30.3 Å². The number of hydrogen-bond acceptors (Lipinski definition) is 4. The number of aromatic nitrogens is 1. The largest absolute Gasteiger partial charge is 0.367 e. The predicted octanol–water partition coefficient (Wildman–Crippen LogP) is 3.82. The summed E-state index contributed by atoms with van der Waals surface area (Å²) in [6.07, 6.45) is 1.74. The van der Waals surface area contributed by atoms with Gasteiger partial charge in [0.15, 0.2) is 0 Å². The van der Waals surface area contributed by atoms with E-state index < -0.39 is 0 Å². The highest BCUT2D eigenvalue weighted by atomic mass is 19.1. The lowest BCUT2D eigenvalue weighted by atomic mass is 10.2. The van der Waals surface area contributed by atoms with Crippen molar-refractivity contribution >= 4 is 23.0 Å². The van der Waals surface area contributed by atoms with Crippen molar-refractivity contribution in [3.05, 3.63) is 84.4 Å². The van der Waals surface area contributed by atoms with E-state index in [1.807, 2.05) is 48.5 Å². The van der Waals surface area contributed by atoms with Gasteiger partial charge in [-0.15, -0.1) is 0 Å². The van der Waals surface area contributed by atoms with Gasteiger partial charge in [-0.25, -0.2) is 9.37 Å². The summed E-state index contributed by atoms with van der Waals surface area (Å²) < 4.78 is 14.0. The molecule has 2 aromatic carbocycles. The third-order valence-corrected chi connectivity index (χ3v) is 5.25. The van der Waals surface area contributed by atoms with Crippen LogP contribution in [0.1, 0.15) is 10.5 Å². The molecule has 0 saturated carbocycles. The quantitative estimate of drug-likeness (QED) is 0.679. The summed E-state index contributed by atoms with van der Waals surface area (Å²) in [7, 11) is 1.75. The number of pyridine rings is 1. The normalized spacial score (nSPS) is 14.0. The van der Waals surface area contributed by atoms with E-state index >= 15 is 0 Å². The fraction of sp³-hybridized carbons (Fsp3) is 0.217. The van der Waals surface area contributed by atoms with Gasteiger partial charge in [-0.2, -0.15) is 0 Å². The molecule has 0 aliphatic carbocycles. The topological polar surface area (TPSA) is 39.7 Å². The van der Waals surface area contributed by atoms with E-state index in [1.54, 1.807) is 30.3 Å². The average molecular weight is 390 g/mol. The van der Waals surface area contributed by atoms with Gasteiger partial charge in [-0.3, -0.25) is 4.79 Å². The van der Waals surface area contributed by atoms with Crippen molar-refractivity contribution < 1.29 is 9.18 Å². The second kappa shape index (κ2) is 8.31. The zero-order chi connectivity index (χ0) is 20.2. The molecule has 1 saturated heterocycles. The Morgan fingerprint density at radius 1 is 0.897 bits per heavy atom. The van der Waals surface area contributed by atoms with Crippen LogP contribution in [0.3, 0.4) is 0 Å². The molecule has 1 aliphatic heterocycles. The number of piperazine rings is 1. The number of hydrogen-bond donors (Lipinski definition) is 0. The zero-order valence-electron chi connectivity index (χ0n) is 16.3. The van der Waals surface area contributed by atoms with Gasteiger partial charge in [-0.05, 0) is 36.4 Å². The molecule has 29 heavy (non-hydrogen) atoms. The molecule has 0 N–H and O–H groups in total. The predicted molar refractivity (Wildman–Crippen MR) is 114 cm³/mol. The van der Waals surface area contributed by atoms with Crippen LogP contribution in [0.4, 0.5) is 21.5 Å². The molecule has 1 aliphatic rings. The Morgan fingerprint density at radius 3 is 2.21 bits per heavy atom. The summed E-state index contributed by atoms with van der Waals surface area (Å²) in [4.78, 5) is 22.9. The maximum absolute atomic E-state index is 14.0. The molecule has 0 unspecified atom stereocenters. The van der Waals surface area contributed by atoms with Crippen LogP contribution in [0.25, 0.3) is 0 Å². The maximum atomic E-state index is 14.0. The van der Waals surface area contributed by atoms with Gasteiger partial charge < -0.3 is 14.7 Å². The third-order valence-electron chi connectivity index (χ3n) is 5.25. The molecule has 5 nitrogen and oxygen atoms in total. The SMILES string of the molecule is CN(C(=O)c1ccc(N2CCN(c3ccccc3F)CC2)cn1)c1ccccc1. The van der Waals surface area contributed by atoms with Crippen molar-refractivity contribution in [2.75, 3.05) is 47.9 Å². The number of rotatable bonds is 4. The second-order valence-corrected chi connectivity index (χ2v) is 7.03. The summed E-state index contributed by atoms with van der Waals surface area (Å²) in [5.41, 5.74) is 2.85. The number of para-hydroxylation sites is 2. The summed E-state index contributed by atoms with van der Waals surface area (Å²) in [6.45, 7) is 3.01. The molecule has 0 spiro atoms. The highest BCUT2D eigenvalue weighted by molar-refractivity contribution is 6.04. The number of nitrogens with zero attached hydrogens (tertiary/aromatic N) is 4. The Labute approximate surface area is 170 Å². The van der Waals surface area contributed by atoms with Crippen LogP contribution in [0.2, 0.25) is 0 Å². The summed E-state index contributed by atoms with van der Waals surface area (Å²) in [5, 5.41) is 0. The highest BCUT2D eigenvalue weighted by Gasteiger charge is 2.20. The first-order chi connectivity index (χ1) is 14.1. The number of anilines is 3. The highest BCUT2D eigenvalue weighted by Crippen LogP contribution is 2.23. The lowest BCUT2D eigenvalue weighted by Crippen LogP contribution is -2.46. The average Bonchev–Trinajstić information content (AvgIpc) is 2.79. The van der Waals surface area contributed by atoms with E-state index in [0.29, 0.717) is 11.4 Å². The summed E-state index contributed by atoms with van der Waals surface area (Å²) in [6, 6.07) is 20.1. The van der Waals surface area contributed by atoms with Gasteiger partial charge in [0.1, 0.15) is 11.5 Å². The first kappa shape index (κ1) is 18.9. The molecule has 2 heterocycles. The van der Waals surface area contributed by atoms with E-state index in [4.69, 9.17) is 0 Å². The smallest absolute Gasteiger partial charge is 0.276 e. The van der Waals surface area contributed by atoms with Crippen molar-refractivity contribution in [2.24, 2.45) is 0 Å². The second-order valence-electron chi connectivity index (χ2n) is 7.03. The zero-order valence-corrected chi connectivity index (χ0v) is 16.3. The number of carbonyl (C=O) groups excluding carboxylic acids is 1. The lowest BCUT2D eigenvalue weighted by molar-refractivity contribution is 0.0988. The van der Waals surface area contributed by atoms with Crippen LogP contribution in [-0.4, -0.2) is 44.1 Å². The standard InChI is InChI=1S/C23H23FN4O/c1-26(18-7-3-2-4-8-18)23(29)21-12-11-19(17-25-21)27-13-15-28(16-14-27)22-10-6-5-9-20(22)24/h2-12,17H,13-16H2,1H3. The summed E-state index contributed by atoms with van der Waals surface area (Å²) in [5.74, 6) is -0.333. The Bertz CT molecular complexity index is 970. The van der Waals surface area contributed by atoms with Crippen molar-refractivity contribution in [1.82, 2.24) is 4.98 Å². The van der Waals surface area contributed by atoms with Crippen LogP contribution < -0.4 is 14.7 Å². The molecule has 0 atom stereocenters. The van der Waals surface area contributed by atoms with Crippen LogP contribution in [0.5, 0.6) is 0 Å². The van der Waals surface area contributed by atoms with Gasteiger partial charge >= 0.3 is 0 Å². The molecule has 1 aromatic heterocycles. The van der Waals surface area contributed by atoms with E-state index in [2.05, 4.69) is 14.8 Å². The Morgan fingerprint density at radius 2 is 1.55 bits per heavy atom. The van der Waals surface area contributed by atoms with Crippen LogP contribution in [-0.2, 0) is 0 Å². The van der Waals surface area contributed by atoms with E-state index in [1.165, 1.54) is 6.07 Å². The van der Waals surface area contributed by atoms with Crippen molar-refractivity contribution in [2.45, 2.75) is 0 Å². The molecule has 0 bridgehead atoms. The number of amides is 1. The van der Waals surface area contributed by atoms with Crippen molar-refractivity contribution in [3.63, 3.8) is 0 Å². The van der Waals surface area contributed by atoms with Crippen molar-refractivity contribution in [1.29, 1.82) is 0 Å². The first-order valence-electron chi connectivity index (χ1n) is 9.67. The molecular formula is C23H23FN4O.